The topological polar surface area (TPSA) is 38.1 Å². The second-order valence-corrected chi connectivity index (χ2v) is 4.37. The zero-order valence-electron chi connectivity index (χ0n) is 7.61. The van der Waals surface area contributed by atoms with Gasteiger partial charge in [-0.05, 0) is 37.7 Å². The molecule has 70 valence electrons. The fourth-order valence-electron chi connectivity index (χ4n) is 1.79. The molecular weight excluding hydrogens is 164 g/mol. The van der Waals surface area contributed by atoms with E-state index >= 15 is 0 Å². The van der Waals surface area contributed by atoms with Gasteiger partial charge < -0.3 is 5.11 Å². The van der Waals surface area contributed by atoms with Crippen LogP contribution in [0.3, 0.4) is 0 Å². The van der Waals surface area contributed by atoms with Crippen LogP contribution in [0.2, 0.25) is 0 Å². The minimum atomic E-state index is -0.522. The summed E-state index contributed by atoms with van der Waals surface area (Å²) in [6.45, 7) is 1.00. The molecule has 1 heterocycles. The zero-order valence-corrected chi connectivity index (χ0v) is 7.61. The van der Waals surface area contributed by atoms with E-state index in [0.717, 1.165) is 31.0 Å². The van der Waals surface area contributed by atoms with Gasteiger partial charge in [-0.15, -0.1) is 0 Å². The molecule has 2 aliphatic rings. The van der Waals surface area contributed by atoms with Crippen molar-refractivity contribution < 1.29 is 5.11 Å². The first-order valence-corrected chi connectivity index (χ1v) is 5.03. The van der Waals surface area contributed by atoms with Crippen molar-refractivity contribution in [2.24, 2.45) is 5.92 Å². The van der Waals surface area contributed by atoms with Gasteiger partial charge in [0.25, 0.3) is 0 Å². The van der Waals surface area contributed by atoms with Crippen molar-refractivity contribution in [3.05, 3.63) is 18.0 Å². The molecule has 0 bridgehead atoms. The minimum Gasteiger partial charge on any atom is -0.384 e. The second-order valence-electron chi connectivity index (χ2n) is 4.37. The van der Waals surface area contributed by atoms with Crippen molar-refractivity contribution >= 4 is 0 Å². The first kappa shape index (κ1) is 7.56. The average molecular weight is 178 g/mol. The van der Waals surface area contributed by atoms with Gasteiger partial charge in [0.05, 0.1) is 5.69 Å². The fraction of sp³-hybridized carbons (Fsp3) is 0.700. The Balaban J connectivity index is 1.86. The maximum absolute atomic E-state index is 9.94. The van der Waals surface area contributed by atoms with Crippen molar-refractivity contribution in [1.29, 1.82) is 0 Å². The molecule has 0 unspecified atom stereocenters. The summed E-state index contributed by atoms with van der Waals surface area (Å²) in [7, 11) is 0. The van der Waals surface area contributed by atoms with Crippen LogP contribution in [0.1, 0.15) is 31.4 Å². The molecule has 0 amide bonds. The Morgan fingerprint density at radius 1 is 1.54 bits per heavy atom. The molecule has 3 heteroatoms. The average Bonchev–Trinajstić information content (AvgIpc) is 2.97. The number of rotatable bonds is 3. The molecule has 0 aliphatic heterocycles. The van der Waals surface area contributed by atoms with Crippen LogP contribution in [0.5, 0.6) is 0 Å². The molecule has 0 saturated heterocycles. The molecule has 1 N–H and O–H groups in total. The van der Waals surface area contributed by atoms with E-state index in [1.807, 2.05) is 10.7 Å². The molecular formula is C10H14N2O. The Kier molecular flexibility index (Phi) is 1.37. The number of aromatic nitrogens is 2. The summed E-state index contributed by atoms with van der Waals surface area (Å²) in [5, 5.41) is 14.2. The van der Waals surface area contributed by atoms with Crippen LogP contribution in [0, 0.1) is 5.92 Å². The van der Waals surface area contributed by atoms with Crippen molar-refractivity contribution in [3.63, 3.8) is 0 Å². The van der Waals surface area contributed by atoms with Crippen LogP contribution in [-0.4, -0.2) is 14.9 Å². The van der Waals surface area contributed by atoms with Crippen LogP contribution in [-0.2, 0) is 12.1 Å². The fourth-order valence-corrected chi connectivity index (χ4v) is 1.79. The molecule has 1 aromatic rings. The van der Waals surface area contributed by atoms with E-state index in [-0.39, 0.29) is 0 Å². The van der Waals surface area contributed by atoms with Crippen molar-refractivity contribution in [2.75, 3.05) is 0 Å². The highest BCUT2D eigenvalue weighted by atomic mass is 16.3. The van der Waals surface area contributed by atoms with Crippen LogP contribution in [0.15, 0.2) is 12.3 Å². The summed E-state index contributed by atoms with van der Waals surface area (Å²) in [5.41, 5.74) is 0.505. The summed E-state index contributed by atoms with van der Waals surface area (Å²) < 4.78 is 1.99. The molecule has 1 aromatic heterocycles. The van der Waals surface area contributed by atoms with E-state index in [4.69, 9.17) is 0 Å². The van der Waals surface area contributed by atoms with E-state index in [9.17, 15) is 5.11 Å². The van der Waals surface area contributed by atoms with E-state index in [0.29, 0.717) is 0 Å². The maximum atomic E-state index is 9.94. The normalized spacial score (nSPS) is 24.7. The predicted octanol–water partition coefficient (Wildman–Crippen LogP) is 1.27. The first-order chi connectivity index (χ1) is 6.28. The number of nitrogens with zero attached hydrogens (tertiary/aromatic N) is 2. The molecule has 13 heavy (non-hydrogen) atoms. The summed E-state index contributed by atoms with van der Waals surface area (Å²) in [6, 6.07) is 1.95. The standard InChI is InChI=1S/C10H14N2O/c13-10(4-5-10)9-3-6-11-12(9)7-8-1-2-8/h3,6,8,13H,1-2,4-5,7H2. The van der Waals surface area contributed by atoms with Gasteiger partial charge in [0.2, 0.25) is 0 Å². The molecule has 0 aromatic carbocycles. The Hall–Kier alpha value is -0.830. The maximum Gasteiger partial charge on any atom is 0.106 e. The summed E-state index contributed by atoms with van der Waals surface area (Å²) >= 11 is 0. The molecule has 2 saturated carbocycles. The SMILES string of the molecule is OC1(c2ccnn2CC2CC2)CC1. The Labute approximate surface area is 77.4 Å². The van der Waals surface area contributed by atoms with Crippen LogP contribution in [0.25, 0.3) is 0 Å². The lowest BCUT2D eigenvalue weighted by Gasteiger charge is -2.10. The highest BCUT2D eigenvalue weighted by Gasteiger charge is 2.45. The quantitative estimate of drug-likeness (QED) is 0.757. The lowest BCUT2D eigenvalue weighted by atomic mass is 10.2. The minimum absolute atomic E-state index is 0.522. The van der Waals surface area contributed by atoms with Gasteiger partial charge in [0, 0.05) is 12.7 Å². The molecule has 0 atom stereocenters. The molecule has 0 radical (unpaired) electrons. The van der Waals surface area contributed by atoms with Gasteiger partial charge in [-0.25, -0.2) is 0 Å². The molecule has 0 spiro atoms. The number of hydrogen-bond donors (Lipinski definition) is 1. The summed E-state index contributed by atoms with van der Waals surface area (Å²) in [4.78, 5) is 0. The van der Waals surface area contributed by atoms with Crippen LogP contribution >= 0.6 is 0 Å². The summed E-state index contributed by atoms with van der Waals surface area (Å²) in [5.74, 6) is 0.820. The van der Waals surface area contributed by atoms with Gasteiger partial charge in [-0.3, -0.25) is 4.68 Å². The van der Waals surface area contributed by atoms with Gasteiger partial charge in [0.15, 0.2) is 0 Å². The monoisotopic (exact) mass is 178 g/mol. The van der Waals surface area contributed by atoms with Gasteiger partial charge >= 0.3 is 0 Å². The highest BCUT2D eigenvalue weighted by Crippen LogP contribution is 2.45. The molecule has 3 rings (SSSR count). The Morgan fingerprint density at radius 2 is 2.31 bits per heavy atom. The van der Waals surface area contributed by atoms with E-state index < -0.39 is 5.60 Å². The predicted molar refractivity (Wildman–Crippen MR) is 48.1 cm³/mol. The van der Waals surface area contributed by atoms with Crippen molar-refractivity contribution in [1.82, 2.24) is 9.78 Å². The molecule has 2 aliphatic carbocycles. The van der Waals surface area contributed by atoms with Gasteiger partial charge in [0.1, 0.15) is 5.60 Å². The van der Waals surface area contributed by atoms with E-state index in [1.54, 1.807) is 6.20 Å². The van der Waals surface area contributed by atoms with Crippen LogP contribution < -0.4 is 0 Å². The Bertz CT molecular complexity index is 323. The third-order valence-electron chi connectivity index (χ3n) is 3.04. The van der Waals surface area contributed by atoms with Crippen molar-refractivity contribution in [3.8, 4) is 0 Å². The van der Waals surface area contributed by atoms with Crippen LogP contribution in [0.4, 0.5) is 0 Å². The smallest absolute Gasteiger partial charge is 0.106 e. The molecule has 3 nitrogen and oxygen atoms in total. The second kappa shape index (κ2) is 2.35. The van der Waals surface area contributed by atoms with Gasteiger partial charge in [-0.2, -0.15) is 5.10 Å². The molecule has 2 fully saturated rings. The first-order valence-electron chi connectivity index (χ1n) is 5.03. The number of hydrogen-bond acceptors (Lipinski definition) is 2. The van der Waals surface area contributed by atoms with Gasteiger partial charge in [-0.1, -0.05) is 0 Å². The summed E-state index contributed by atoms with van der Waals surface area (Å²) in [6.07, 6.45) is 6.27. The third-order valence-corrected chi connectivity index (χ3v) is 3.04. The lowest BCUT2D eigenvalue weighted by Crippen LogP contribution is -2.14. The van der Waals surface area contributed by atoms with Crippen molar-refractivity contribution in [2.45, 2.75) is 37.8 Å². The largest absolute Gasteiger partial charge is 0.384 e. The van der Waals surface area contributed by atoms with E-state index in [2.05, 4.69) is 5.10 Å². The Morgan fingerprint density at radius 3 is 2.92 bits per heavy atom. The highest BCUT2D eigenvalue weighted by molar-refractivity contribution is 5.18. The lowest BCUT2D eigenvalue weighted by molar-refractivity contribution is 0.139. The van der Waals surface area contributed by atoms with E-state index in [1.165, 1.54) is 12.8 Å². The zero-order chi connectivity index (χ0) is 8.89. The third kappa shape index (κ3) is 1.27. The number of aliphatic hydroxyl groups is 1.